The molecule has 136 valence electrons. The van der Waals surface area contributed by atoms with Gasteiger partial charge in [0, 0.05) is 38.1 Å². The number of aromatic nitrogens is 2. The van der Waals surface area contributed by atoms with Gasteiger partial charge in [-0.25, -0.2) is 4.39 Å². The van der Waals surface area contributed by atoms with Crippen LogP contribution < -0.4 is 0 Å². The lowest BCUT2D eigenvalue weighted by atomic mass is 9.96. The van der Waals surface area contributed by atoms with Gasteiger partial charge in [0.15, 0.2) is 0 Å². The molecule has 1 aliphatic rings. The van der Waals surface area contributed by atoms with Crippen molar-refractivity contribution >= 4 is 0 Å². The van der Waals surface area contributed by atoms with Crippen LogP contribution in [0.2, 0.25) is 0 Å². The topological polar surface area (TPSA) is 35.2 Å². The van der Waals surface area contributed by atoms with Crippen molar-refractivity contribution < 1.29 is 4.39 Å². The van der Waals surface area contributed by atoms with E-state index in [4.69, 9.17) is 0 Å². The Hall–Kier alpha value is -1.72. The Bertz CT molecular complexity index is 628. The molecule has 0 spiro atoms. The largest absolute Gasteiger partial charge is 0.303 e. The monoisotopic (exact) mass is 344 g/mol. The molecule has 1 atom stereocenters. The number of H-pyrrole nitrogens is 1. The molecule has 1 fully saturated rings. The van der Waals surface area contributed by atoms with Gasteiger partial charge in [0.2, 0.25) is 0 Å². The smallest absolute Gasteiger partial charge is 0.123 e. The molecule has 1 aromatic carbocycles. The number of hydrogen-bond acceptors (Lipinski definition) is 3. The Morgan fingerprint density at radius 3 is 3.04 bits per heavy atom. The highest BCUT2D eigenvalue weighted by molar-refractivity contribution is 5.16. The van der Waals surface area contributed by atoms with Crippen LogP contribution in [0.1, 0.15) is 31.0 Å². The summed E-state index contributed by atoms with van der Waals surface area (Å²) in [4.78, 5) is 5.04. The third-order valence-electron chi connectivity index (χ3n) is 5.12. The zero-order chi connectivity index (χ0) is 17.5. The molecule has 1 aromatic heterocycles. The number of rotatable bonds is 8. The normalized spacial score (nSPS) is 18.8. The van der Waals surface area contributed by atoms with Crippen LogP contribution in [0.25, 0.3) is 0 Å². The fourth-order valence-corrected chi connectivity index (χ4v) is 3.77. The maximum atomic E-state index is 13.3. The summed E-state index contributed by atoms with van der Waals surface area (Å²) in [7, 11) is 0. The number of piperidine rings is 1. The van der Waals surface area contributed by atoms with Crippen molar-refractivity contribution in [1.82, 2.24) is 20.0 Å². The van der Waals surface area contributed by atoms with E-state index in [1.807, 2.05) is 12.3 Å². The van der Waals surface area contributed by atoms with Crippen LogP contribution in [-0.4, -0.2) is 52.7 Å². The molecule has 0 saturated carbocycles. The minimum absolute atomic E-state index is 0.133. The predicted octanol–water partition coefficient (Wildman–Crippen LogP) is 3.33. The number of hydrogen-bond donors (Lipinski definition) is 1. The lowest BCUT2D eigenvalue weighted by Gasteiger charge is -2.35. The van der Waals surface area contributed by atoms with E-state index in [9.17, 15) is 4.39 Å². The minimum atomic E-state index is -0.133. The SMILES string of the molecule is CCN(Cc1ccn[nH]1)CC1CCCN(CCc2cccc(F)c2)C1. The van der Waals surface area contributed by atoms with Gasteiger partial charge in [0.05, 0.1) is 0 Å². The molecule has 0 radical (unpaired) electrons. The Morgan fingerprint density at radius 2 is 2.28 bits per heavy atom. The van der Waals surface area contributed by atoms with Crippen molar-refractivity contribution in [2.75, 3.05) is 32.7 Å². The first-order valence-electron chi connectivity index (χ1n) is 9.40. The van der Waals surface area contributed by atoms with E-state index in [1.165, 1.54) is 31.1 Å². The highest BCUT2D eigenvalue weighted by Gasteiger charge is 2.21. The molecule has 1 unspecified atom stereocenters. The summed E-state index contributed by atoms with van der Waals surface area (Å²) >= 11 is 0. The van der Waals surface area contributed by atoms with E-state index in [-0.39, 0.29) is 5.82 Å². The Morgan fingerprint density at radius 1 is 1.36 bits per heavy atom. The summed E-state index contributed by atoms with van der Waals surface area (Å²) in [6.45, 7) is 8.68. The zero-order valence-electron chi connectivity index (χ0n) is 15.1. The second-order valence-corrected chi connectivity index (χ2v) is 7.10. The first-order valence-corrected chi connectivity index (χ1v) is 9.40. The Balaban J connectivity index is 1.46. The highest BCUT2D eigenvalue weighted by Crippen LogP contribution is 2.19. The summed E-state index contributed by atoms with van der Waals surface area (Å²) < 4.78 is 13.3. The standard InChI is InChI=1S/C20H29FN4/c1-2-24(16-20-8-10-22-23-20)14-18-6-4-11-25(15-18)12-9-17-5-3-7-19(21)13-17/h3,5,7-8,10,13,18H,2,4,6,9,11-12,14-16H2,1H3,(H,22,23). The summed E-state index contributed by atoms with van der Waals surface area (Å²) in [6, 6.07) is 9.05. The molecular formula is C20H29FN4. The van der Waals surface area contributed by atoms with E-state index in [0.717, 1.165) is 44.7 Å². The quantitative estimate of drug-likeness (QED) is 0.798. The second kappa shape index (κ2) is 9.11. The summed E-state index contributed by atoms with van der Waals surface area (Å²) in [5.74, 6) is 0.579. The van der Waals surface area contributed by atoms with Gasteiger partial charge < -0.3 is 4.90 Å². The molecule has 1 N–H and O–H groups in total. The van der Waals surface area contributed by atoms with Crippen molar-refractivity contribution in [3.05, 3.63) is 53.6 Å². The number of nitrogens with zero attached hydrogens (tertiary/aromatic N) is 3. The fourth-order valence-electron chi connectivity index (χ4n) is 3.77. The molecule has 1 aliphatic heterocycles. The number of nitrogens with one attached hydrogen (secondary N) is 1. The van der Waals surface area contributed by atoms with Crippen LogP contribution in [0.4, 0.5) is 4.39 Å². The van der Waals surface area contributed by atoms with E-state index in [2.05, 4.69) is 33.0 Å². The maximum Gasteiger partial charge on any atom is 0.123 e. The van der Waals surface area contributed by atoms with Crippen LogP contribution in [0.5, 0.6) is 0 Å². The summed E-state index contributed by atoms with van der Waals surface area (Å²) in [5.41, 5.74) is 2.28. The van der Waals surface area contributed by atoms with E-state index in [0.29, 0.717) is 5.92 Å². The van der Waals surface area contributed by atoms with Crippen LogP contribution >= 0.6 is 0 Å². The molecule has 1 saturated heterocycles. The maximum absolute atomic E-state index is 13.3. The van der Waals surface area contributed by atoms with Crippen LogP contribution in [-0.2, 0) is 13.0 Å². The molecule has 3 rings (SSSR count). The van der Waals surface area contributed by atoms with Crippen molar-refractivity contribution in [1.29, 1.82) is 0 Å². The summed E-state index contributed by atoms with van der Waals surface area (Å²) in [6.07, 6.45) is 5.30. The van der Waals surface area contributed by atoms with Gasteiger partial charge in [-0.3, -0.25) is 10.00 Å². The van der Waals surface area contributed by atoms with Gasteiger partial charge in [-0.1, -0.05) is 19.1 Å². The van der Waals surface area contributed by atoms with Crippen molar-refractivity contribution in [2.24, 2.45) is 5.92 Å². The number of benzene rings is 1. The molecule has 0 bridgehead atoms. The molecular weight excluding hydrogens is 315 g/mol. The molecule has 2 aromatic rings. The minimum Gasteiger partial charge on any atom is -0.303 e. The van der Waals surface area contributed by atoms with Crippen LogP contribution in [0, 0.1) is 11.7 Å². The number of halogens is 1. The van der Waals surface area contributed by atoms with Crippen molar-refractivity contribution in [3.8, 4) is 0 Å². The van der Waals surface area contributed by atoms with Crippen molar-refractivity contribution in [3.63, 3.8) is 0 Å². The van der Waals surface area contributed by atoms with E-state index >= 15 is 0 Å². The molecule has 0 aliphatic carbocycles. The lowest BCUT2D eigenvalue weighted by Crippen LogP contribution is -2.41. The third kappa shape index (κ3) is 5.65. The number of aromatic amines is 1. The first-order chi connectivity index (χ1) is 12.2. The zero-order valence-corrected chi connectivity index (χ0v) is 15.1. The fraction of sp³-hybridized carbons (Fsp3) is 0.550. The first kappa shape index (κ1) is 18.1. The van der Waals surface area contributed by atoms with Gasteiger partial charge >= 0.3 is 0 Å². The Labute approximate surface area is 150 Å². The average Bonchev–Trinajstić information content (AvgIpc) is 3.13. The summed E-state index contributed by atoms with van der Waals surface area (Å²) in [5, 5.41) is 7.10. The Kier molecular flexibility index (Phi) is 6.59. The van der Waals surface area contributed by atoms with Crippen molar-refractivity contribution in [2.45, 2.75) is 32.7 Å². The predicted molar refractivity (Wildman–Crippen MR) is 98.8 cm³/mol. The van der Waals surface area contributed by atoms with E-state index in [1.54, 1.807) is 12.1 Å². The highest BCUT2D eigenvalue weighted by atomic mass is 19.1. The molecule has 25 heavy (non-hydrogen) atoms. The van der Waals surface area contributed by atoms with E-state index < -0.39 is 0 Å². The van der Waals surface area contributed by atoms with Crippen LogP contribution in [0.3, 0.4) is 0 Å². The average molecular weight is 344 g/mol. The van der Waals surface area contributed by atoms with Gasteiger partial charge in [0.25, 0.3) is 0 Å². The molecule has 5 heteroatoms. The molecule has 2 heterocycles. The molecule has 0 amide bonds. The lowest BCUT2D eigenvalue weighted by molar-refractivity contribution is 0.132. The van der Waals surface area contributed by atoms with Gasteiger partial charge in [-0.15, -0.1) is 0 Å². The number of likely N-dealkylation sites (tertiary alicyclic amines) is 1. The van der Waals surface area contributed by atoms with Gasteiger partial charge in [0.1, 0.15) is 5.82 Å². The van der Waals surface area contributed by atoms with Gasteiger partial charge in [-0.05, 0) is 62.0 Å². The van der Waals surface area contributed by atoms with Gasteiger partial charge in [-0.2, -0.15) is 5.10 Å². The second-order valence-electron chi connectivity index (χ2n) is 7.10. The van der Waals surface area contributed by atoms with Crippen LogP contribution in [0.15, 0.2) is 36.5 Å². The molecule has 4 nitrogen and oxygen atoms in total. The third-order valence-corrected chi connectivity index (χ3v) is 5.12.